The number of aryl methyl sites for hydroxylation is 1. The number of fused-ring (bicyclic) bond motifs is 1. The maximum absolute atomic E-state index is 12.7. The number of amides is 2. The fourth-order valence-electron chi connectivity index (χ4n) is 3.15. The molecule has 1 unspecified atom stereocenters. The molecule has 1 N–H and O–H groups in total. The molecule has 0 spiro atoms. The minimum atomic E-state index is -0.181. The third kappa shape index (κ3) is 3.21. The summed E-state index contributed by atoms with van der Waals surface area (Å²) in [7, 11) is 1.61. The average molecular weight is 320 g/mol. The Kier molecular flexibility index (Phi) is 4.72. The van der Waals surface area contributed by atoms with Crippen LogP contribution in [0, 0.1) is 12.3 Å². The van der Waals surface area contributed by atoms with Crippen LogP contribution in [0.2, 0.25) is 0 Å². The summed E-state index contributed by atoms with van der Waals surface area (Å²) < 4.78 is 5.13. The van der Waals surface area contributed by atoms with Gasteiger partial charge in [0.05, 0.1) is 19.7 Å². The Hall–Kier alpha value is -2.93. The van der Waals surface area contributed by atoms with Crippen molar-refractivity contribution in [2.75, 3.05) is 19.0 Å². The summed E-state index contributed by atoms with van der Waals surface area (Å²) in [5, 5.41) is 2.92. The number of carbonyl (C=O) groups is 1. The van der Waals surface area contributed by atoms with Crippen LogP contribution in [0.25, 0.3) is 0 Å². The molecular weight excluding hydrogens is 300 g/mol. The minimum Gasteiger partial charge on any atom is -0.497 e. The highest BCUT2D eigenvalue weighted by Crippen LogP contribution is 2.35. The summed E-state index contributed by atoms with van der Waals surface area (Å²) in [5.41, 5.74) is 3.20. The highest BCUT2D eigenvalue weighted by atomic mass is 16.5. The highest BCUT2D eigenvalue weighted by Gasteiger charge is 2.30. The number of benzene rings is 2. The van der Waals surface area contributed by atoms with Crippen LogP contribution in [0.1, 0.15) is 23.6 Å². The molecule has 1 atom stereocenters. The van der Waals surface area contributed by atoms with Crippen LogP contribution in [0.15, 0.2) is 48.5 Å². The van der Waals surface area contributed by atoms with Crippen LogP contribution >= 0.6 is 0 Å². The van der Waals surface area contributed by atoms with E-state index in [9.17, 15) is 4.79 Å². The molecular formula is C20H20N2O2. The van der Waals surface area contributed by atoms with Gasteiger partial charge in [0.15, 0.2) is 0 Å². The monoisotopic (exact) mass is 320 g/mol. The molecule has 3 rings (SSSR count). The first-order chi connectivity index (χ1) is 11.7. The molecule has 0 aromatic heterocycles. The predicted molar refractivity (Wildman–Crippen MR) is 95.1 cm³/mol. The van der Waals surface area contributed by atoms with Gasteiger partial charge in [0, 0.05) is 5.69 Å². The van der Waals surface area contributed by atoms with Gasteiger partial charge in [-0.05, 0) is 48.2 Å². The van der Waals surface area contributed by atoms with Gasteiger partial charge in [0.25, 0.3) is 0 Å². The van der Waals surface area contributed by atoms with E-state index in [-0.39, 0.29) is 18.6 Å². The highest BCUT2D eigenvalue weighted by molar-refractivity contribution is 5.90. The molecule has 1 aliphatic carbocycles. The Bertz CT molecular complexity index is 762. The Morgan fingerprint density at radius 2 is 2.04 bits per heavy atom. The van der Waals surface area contributed by atoms with Gasteiger partial charge in [-0.15, -0.1) is 6.42 Å². The molecule has 24 heavy (non-hydrogen) atoms. The van der Waals surface area contributed by atoms with Gasteiger partial charge in [-0.2, -0.15) is 0 Å². The zero-order chi connectivity index (χ0) is 16.9. The lowest BCUT2D eigenvalue weighted by molar-refractivity contribution is 0.197. The van der Waals surface area contributed by atoms with Crippen molar-refractivity contribution in [3.05, 3.63) is 59.7 Å². The van der Waals surface area contributed by atoms with Gasteiger partial charge in [-0.3, -0.25) is 0 Å². The van der Waals surface area contributed by atoms with Crippen LogP contribution in [0.4, 0.5) is 10.5 Å². The summed E-state index contributed by atoms with van der Waals surface area (Å²) >= 11 is 0. The number of urea groups is 1. The number of nitrogens with zero attached hydrogens (tertiary/aromatic N) is 1. The summed E-state index contributed by atoms with van der Waals surface area (Å²) in [6.07, 6.45) is 7.37. The number of hydrogen-bond acceptors (Lipinski definition) is 2. The number of nitrogens with one attached hydrogen (secondary N) is 1. The Morgan fingerprint density at radius 1 is 1.29 bits per heavy atom. The van der Waals surface area contributed by atoms with E-state index >= 15 is 0 Å². The van der Waals surface area contributed by atoms with Gasteiger partial charge in [0.2, 0.25) is 0 Å². The van der Waals surface area contributed by atoms with E-state index < -0.39 is 0 Å². The number of hydrogen-bond donors (Lipinski definition) is 1. The van der Waals surface area contributed by atoms with Gasteiger partial charge < -0.3 is 15.0 Å². The summed E-state index contributed by atoms with van der Waals surface area (Å²) in [4.78, 5) is 14.5. The lowest BCUT2D eigenvalue weighted by Crippen LogP contribution is -2.37. The SMILES string of the molecule is C#CCN(C(=O)Nc1ccc(OC)cc1)C1CCc2ccccc21. The number of anilines is 1. The molecule has 2 aromatic carbocycles. The molecule has 0 heterocycles. The van der Waals surface area contributed by atoms with Gasteiger partial charge in [-0.1, -0.05) is 30.2 Å². The minimum absolute atomic E-state index is 0.0236. The molecule has 0 aliphatic heterocycles. The Morgan fingerprint density at radius 3 is 2.75 bits per heavy atom. The van der Waals surface area contributed by atoms with Crippen LogP contribution in [0.5, 0.6) is 5.75 Å². The number of methoxy groups -OCH3 is 1. The average Bonchev–Trinajstić information content (AvgIpc) is 3.04. The third-order valence-corrected chi connectivity index (χ3v) is 4.34. The second-order valence-electron chi connectivity index (χ2n) is 5.74. The summed E-state index contributed by atoms with van der Waals surface area (Å²) in [5.74, 6) is 3.35. The van der Waals surface area contributed by atoms with Crippen LogP contribution < -0.4 is 10.1 Å². The van der Waals surface area contributed by atoms with E-state index in [2.05, 4.69) is 23.4 Å². The van der Waals surface area contributed by atoms with E-state index in [1.807, 2.05) is 36.4 Å². The normalized spacial score (nSPS) is 15.2. The third-order valence-electron chi connectivity index (χ3n) is 4.34. The molecule has 122 valence electrons. The lowest BCUT2D eigenvalue weighted by Gasteiger charge is -2.28. The molecule has 0 saturated heterocycles. The van der Waals surface area contributed by atoms with Crippen molar-refractivity contribution in [2.24, 2.45) is 0 Å². The number of terminal acetylenes is 1. The van der Waals surface area contributed by atoms with E-state index in [1.165, 1.54) is 11.1 Å². The summed E-state index contributed by atoms with van der Waals surface area (Å²) in [6.45, 7) is 0.279. The number of ether oxygens (including phenoxy) is 1. The largest absolute Gasteiger partial charge is 0.497 e. The first-order valence-corrected chi connectivity index (χ1v) is 7.96. The topological polar surface area (TPSA) is 41.6 Å². The standard InChI is InChI=1S/C20H20N2O2/c1-3-14-22(19-13-8-15-6-4-5-7-18(15)19)20(23)21-16-9-11-17(24-2)12-10-16/h1,4-7,9-12,19H,8,13-14H2,2H3,(H,21,23). The van der Waals surface area contributed by atoms with Crippen molar-refractivity contribution in [3.63, 3.8) is 0 Å². The van der Waals surface area contributed by atoms with Crippen LogP contribution in [-0.2, 0) is 6.42 Å². The van der Waals surface area contributed by atoms with Gasteiger partial charge in [-0.25, -0.2) is 4.79 Å². The number of rotatable bonds is 4. The second kappa shape index (κ2) is 7.10. The van der Waals surface area contributed by atoms with Gasteiger partial charge >= 0.3 is 6.03 Å². The second-order valence-corrected chi connectivity index (χ2v) is 5.74. The van der Waals surface area contributed by atoms with Crippen molar-refractivity contribution in [3.8, 4) is 18.1 Å². The molecule has 0 saturated carbocycles. The zero-order valence-electron chi connectivity index (χ0n) is 13.7. The molecule has 0 fully saturated rings. The van der Waals surface area contributed by atoms with E-state index in [0.717, 1.165) is 18.6 Å². The lowest BCUT2D eigenvalue weighted by atomic mass is 10.1. The maximum atomic E-state index is 12.7. The molecule has 4 heteroatoms. The molecule has 4 nitrogen and oxygen atoms in total. The molecule has 2 amide bonds. The Balaban J connectivity index is 1.78. The fourth-order valence-corrected chi connectivity index (χ4v) is 3.15. The zero-order valence-corrected chi connectivity index (χ0v) is 13.7. The van der Waals surface area contributed by atoms with Crippen molar-refractivity contribution in [1.82, 2.24) is 4.90 Å². The van der Waals surface area contributed by atoms with Crippen LogP contribution in [-0.4, -0.2) is 24.6 Å². The van der Waals surface area contributed by atoms with Gasteiger partial charge in [0.1, 0.15) is 5.75 Å². The predicted octanol–water partition coefficient (Wildman–Crippen LogP) is 3.85. The Labute approximate surface area is 142 Å². The maximum Gasteiger partial charge on any atom is 0.323 e. The quantitative estimate of drug-likeness (QED) is 0.869. The van der Waals surface area contributed by atoms with Crippen molar-refractivity contribution in [2.45, 2.75) is 18.9 Å². The first kappa shape index (κ1) is 15.9. The van der Waals surface area contributed by atoms with E-state index in [1.54, 1.807) is 12.0 Å². The van der Waals surface area contributed by atoms with Crippen molar-refractivity contribution >= 4 is 11.7 Å². The number of carbonyl (C=O) groups excluding carboxylic acids is 1. The smallest absolute Gasteiger partial charge is 0.323 e. The van der Waals surface area contributed by atoms with Crippen molar-refractivity contribution in [1.29, 1.82) is 0 Å². The van der Waals surface area contributed by atoms with E-state index in [4.69, 9.17) is 11.2 Å². The summed E-state index contributed by atoms with van der Waals surface area (Å²) in [6, 6.07) is 15.3. The molecule has 0 bridgehead atoms. The van der Waals surface area contributed by atoms with E-state index in [0.29, 0.717) is 5.69 Å². The molecule has 1 aliphatic rings. The molecule has 0 radical (unpaired) electrons. The molecule has 2 aromatic rings. The fraction of sp³-hybridized carbons (Fsp3) is 0.250. The van der Waals surface area contributed by atoms with Crippen LogP contribution in [0.3, 0.4) is 0 Å². The first-order valence-electron chi connectivity index (χ1n) is 7.96. The van der Waals surface area contributed by atoms with Crippen molar-refractivity contribution < 1.29 is 9.53 Å².